The van der Waals surface area contributed by atoms with Crippen LogP contribution in [0.5, 0.6) is 0 Å². The number of rotatable bonds is 4. The average Bonchev–Trinajstić information content (AvgIpc) is 2.45. The van der Waals surface area contributed by atoms with Crippen molar-refractivity contribution in [3.63, 3.8) is 0 Å². The lowest BCUT2D eigenvalue weighted by Gasteiger charge is -2.52. The van der Waals surface area contributed by atoms with Crippen molar-refractivity contribution in [2.24, 2.45) is 16.7 Å². The van der Waals surface area contributed by atoms with Crippen LogP contribution in [0.15, 0.2) is 0 Å². The third kappa shape index (κ3) is 10.8. The van der Waals surface area contributed by atoms with E-state index in [9.17, 15) is 0 Å². The van der Waals surface area contributed by atoms with Crippen molar-refractivity contribution in [3.8, 4) is 0 Å². The van der Waals surface area contributed by atoms with Gasteiger partial charge in [-0.2, -0.15) is 0 Å². The Balaban J connectivity index is 0. The lowest BCUT2D eigenvalue weighted by molar-refractivity contribution is 0.286. The molecule has 4 heteroatoms. The Kier molecular flexibility index (Phi) is 12.4. The molecule has 0 saturated heterocycles. The first-order valence-corrected chi connectivity index (χ1v) is 17.0. The quantitative estimate of drug-likeness (QED) is 0.261. The van der Waals surface area contributed by atoms with E-state index in [1.165, 1.54) is 6.16 Å². The third-order valence-corrected chi connectivity index (χ3v) is 18.3. The predicted molar refractivity (Wildman–Crippen MR) is 171 cm³/mol. The highest BCUT2D eigenvalue weighted by Gasteiger charge is 2.56. The van der Waals surface area contributed by atoms with Crippen molar-refractivity contribution in [2.45, 2.75) is 164 Å². The van der Waals surface area contributed by atoms with Gasteiger partial charge < -0.3 is 0 Å². The van der Waals surface area contributed by atoms with E-state index in [1.54, 1.807) is 0 Å². The molecule has 0 heterocycles. The molecule has 0 aliphatic heterocycles. The molecule has 0 aromatic carbocycles. The Labute approximate surface area is 223 Å². The fourth-order valence-electron chi connectivity index (χ4n) is 4.34. The van der Waals surface area contributed by atoms with Crippen molar-refractivity contribution < 1.29 is 0 Å². The van der Waals surface area contributed by atoms with Crippen LogP contribution in [0.3, 0.4) is 0 Å². The molecular formula is C30H65B2P2+. The molecule has 2 atom stereocenters. The monoisotopic (exact) mass is 509 g/mol. The minimum Gasteiger partial charge on any atom is -0.0954 e. The maximum Gasteiger partial charge on any atom is 0.366 e. The Hall–Kier alpha value is 0.990. The van der Waals surface area contributed by atoms with Crippen LogP contribution in [-0.2, 0) is 0 Å². The van der Waals surface area contributed by atoms with Crippen LogP contribution < -0.4 is 0 Å². The van der Waals surface area contributed by atoms with Crippen LogP contribution in [0.4, 0.5) is 0 Å². The second-order valence-electron chi connectivity index (χ2n) is 17.3. The van der Waals surface area contributed by atoms with Crippen molar-refractivity contribution in [1.29, 1.82) is 0 Å². The van der Waals surface area contributed by atoms with Gasteiger partial charge in [-0.05, 0) is 87.2 Å². The predicted octanol–water partition coefficient (Wildman–Crippen LogP) is 10.8. The summed E-state index contributed by atoms with van der Waals surface area (Å²) in [6, 6.07) is 0. The van der Waals surface area contributed by atoms with E-state index in [0.29, 0.717) is 15.7 Å². The second kappa shape index (κ2) is 11.4. The van der Waals surface area contributed by atoms with Gasteiger partial charge in [-0.15, -0.1) is 0 Å². The van der Waals surface area contributed by atoms with Crippen LogP contribution in [-0.4, -0.2) is 48.4 Å². The minimum atomic E-state index is -1.68. The molecule has 0 nitrogen and oxygen atoms in total. The Morgan fingerprint density at radius 2 is 0.912 bits per heavy atom. The lowest BCUT2D eigenvalue weighted by atomic mass is 9.57. The van der Waals surface area contributed by atoms with Crippen molar-refractivity contribution in [3.05, 3.63) is 0 Å². The van der Waals surface area contributed by atoms with Gasteiger partial charge in [-0.25, -0.2) is 0 Å². The molecule has 0 spiro atoms. The molecule has 0 fully saturated rings. The van der Waals surface area contributed by atoms with Gasteiger partial charge in [0.25, 0.3) is 0 Å². The highest BCUT2D eigenvalue weighted by molar-refractivity contribution is 7.99. The molecule has 0 bridgehead atoms. The first-order valence-electron chi connectivity index (χ1n) is 13.5. The summed E-state index contributed by atoms with van der Waals surface area (Å²) in [5.74, 6) is 0.803. The molecule has 4 radical (unpaired) electrons. The SMILES string of the molecule is C[C@@H](CP(C(C)(C)C)C(C)(C)C)C(C)(C)C.[B][C@](C)(C[P+]([B])(C(C)(C)C)C(C)(C)C)C(C)(C)C. The van der Waals surface area contributed by atoms with Gasteiger partial charge in [0.1, 0.15) is 0 Å². The molecular weight excluding hydrogens is 444 g/mol. The fourth-order valence-corrected chi connectivity index (χ4v) is 13.0. The summed E-state index contributed by atoms with van der Waals surface area (Å²) in [4.78, 5) is 0. The van der Waals surface area contributed by atoms with Gasteiger partial charge in [0.05, 0.1) is 18.2 Å². The zero-order chi connectivity index (χ0) is 28.6. The van der Waals surface area contributed by atoms with E-state index in [-0.39, 0.29) is 29.0 Å². The molecule has 0 aromatic rings. The van der Waals surface area contributed by atoms with Gasteiger partial charge >= 0.3 is 7.57 Å². The molecule has 200 valence electrons. The third-order valence-electron chi connectivity index (χ3n) is 8.24. The topological polar surface area (TPSA) is 0 Å². The largest absolute Gasteiger partial charge is 0.366 e. The Bertz CT molecular complexity index is 581. The second-order valence-corrected chi connectivity index (χ2v) is 25.9. The maximum absolute atomic E-state index is 6.97. The summed E-state index contributed by atoms with van der Waals surface area (Å²) in [7, 11) is 12.0. The van der Waals surface area contributed by atoms with Crippen LogP contribution in [0.25, 0.3) is 0 Å². The van der Waals surface area contributed by atoms with Gasteiger partial charge in [0.2, 0.25) is 0 Å². The van der Waals surface area contributed by atoms with Gasteiger partial charge in [0.15, 0.2) is 0 Å². The number of hydrogen-bond acceptors (Lipinski definition) is 0. The lowest BCUT2D eigenvalue weighted by Crippen LogP contribution is -2.42. The van der Waals surface area contributed by atoms with Crippen molar-refractivity contribution in [1.82, 2.24) is 0 Å². The molecule has 0 aliphatic rings. The first-order chi connectivity index (χ1) is 14.2. The minimum absolute atomic E-state index is 0.0536. The summed E-state index contributed by atoms with van der Waals surface area (Å²) >= 11 is 0. The molecule has 0 N–H and O–H groups in total. The van der Waals surface area contributed by atoms with E-state index in [4.69, 9.17) is 15.4 Å². The Morgan fingerprint density at radius 3 is 1.09 bits per heavy atom. The molecule has 0 rings (SSSR count). The first kappa shape index (κ1) is 37.1. The van der Waals surface area contributed by atoms with Crippen molar-refractivity contribution in [2.75, 3.05) is 12.3 Å². The van der Waals surface area contributed by atoms with Gasteiger partial charge in [-0.3, -0.25) is 0 Å². The van der Waals surface area contributed by atoms with E-state index >= 15 is 0 Å². The van der Waals surface area contributed by atoms with Gasteiger partial charge in [-0.1, -0.05) is 105 Å². The molecule has 0 aliphatic carbocycles. The standard InChI is InChI=1S/C15H32B2P.C15H33P/c1-12(2,3)15(10,16)11-18(17,13(4,5)6)14(7,8)9;1-12(13(2,3)4)11-16(14(5,6)7)15(8,9)10/h11H2,1-10H3;12H,11H2,1-10H3/q+1;/t15-;12-/m10/s1. The smallest absolute Gasteiger partial charge is 0.0954 e. The molecule has 34 heavy (non-hydrogen) atoms. The van der Waals surface area contributed by atoms with Crippen LogP contribution in [0.1, 0.15) is 138 Å². The molecule has 0 aromatic heterocycles. The van der Waals surface area contributed by atoms with Crippen LogP contribution >= 0.6 is 15.1 Å². The van der Waals surface area contributed by atoms with E-state index < -0.39 is 7.14 Å². The molecule has 0 amide bonds. The highest BCUT2D eigenvalue weighted by Crippen LogP contribution is 2.76. The van der Waals surface area contributed by atoms with Gasteiger partial charge in [0, 0.05) is 6.16 Å². The fraction of sp³-hybridized carbons (Fsp3) is 1.00. The summed E-state index contributed by atoms with van der Waals surface area (Å²) in [6.07, 6.45) is 2.32. The van der Waals surface area contributed by atoms with Crippen LogP contribution in [0.2, 0.25) is 5.31 Å². The molecule has 0 saturated carbocycles. The Morgan fingerprint density at radius 1 is 0.618 bits per heavy atom. The van der Waals surface area contributed by atoms with Crippen LogP contribution in [0, 0.1) is 16.7 Å². The van der Waals surface area contributed by atoms with E-state index in [2.05, 4.69) is 138 Å². The van der Waals surface area contributed by atoms with E-state index in [0.717, 1.165) is 12.1 Å². The zero-order valence-electron chi connectivity index (χ0n) is 27.5. The summed E-state index contributed by atoms with van der Waals surface area (Å²) in [6.45, 7) is 46.4. The average molecular weight is 509 g/mol. The number of hydrogen-bond donors (Lipinski definition) is 0. The maximum atomic E-state index is 6.97. The summed E-state index contributed by atoms with van der Waals surface area (Å²) < 4.78 is 0. The highest BCUT2D eigenvalue weighted by atomic mass is 31.2. The van der Waals surface area contributed by atoms with E-state index in [1.807, 2.05) is 0 Å². The normalized spacial score (nSPS) is 17.7. The van der Waals surface area contributed by atoms with Crippen molar-refractivity contribution >= 4 is 30.5 Å². The molecule has 0 unspecified atom stereocenters. The zero-order valence-corrected chi connectivity index (χ0v) is 29.3. The summed E-state index contributed by atoms with van der Waals surface area (Å²) in [5, 5.41) is 0.935. The summed E-state index contributed by atoms with van der Waals surface area (Å²) in [5.41, 5.74) is 0.505.